The van der Waals surface area contributed by atoms with Crippen LogP contribution in [0.3, 0.4) is 0 Å². The number of hydrogen-bond acceptors (Lipinski definition) is 5. The quantitative estimate of drug-likeness (QED) is 0.849. The van der Waals surface area contributed by atoms with E-state index >= 15 is 0 Å². The van der Waals surface area contributed by atoms with Gasteiger partial charge >= 0.3 is 0 Å². The van der Waals surface area contributed by atoms with Crippen LogP contribution >= 0.6 is 11.3 Å². The molecule has 1 amide bonds. The third-order valence-corrected chi connectivity index (χ3v) is 7.20. The van der Waals surface area contributed by atoms with Gasteiger partial charge < -0.3 is 10.4 Å². The van der Waals surface area contributed by atoms with Crippen molar-refractivity contribution >= 4 is 27.6 Å². The third-order valence-electron chi connectivity index (χ3n) is 6.04. The van der Waals surface area contributed by atoms with E-state index < -0.39 is 5.60 Å². The molecule has 2 fully saturated rings. The fourth-order valence-corrected chi connectivity index (χ4v) is 5.14. The molecule has 0 saturated heterocycles. The molecular weight excluding hydrogens is 346 g/mol. The van der Waals surface area contributed by atoms with Crippen molar-refractivity contribution < 1.29 is 9.90 Å². The van der Waals surface area contributed by atoms with Gasteiger partial charge in [0.15, 0.2) is 5.65 Å². The second-order valence-electron chi connectivity index (χ2n) is 8.40. The fraction of sp³-hybridized carbons (Fsp3) is 0.650. The summed E-state index contributed by atoms with van der Waals surface area (Å²) in [5.74, 6) is 0.859. The molecule has 0 aromatic carbocycles. The molecular formula is C20H27N3O2S. The largest absolute Gasteiger partial charge is 0.390 e. The minimum atomic E-state index is -0.631. The minimum absolute atomic E-state index is 0.0512. The van der Waals surface area contributed by atoms with Crippen molar-refractivity contribution in [1.29, 1.82) is 0 Å². The summed E-state index contributed by atoms with van der Waals surface area (Å²) in [6.07, 6.45) is 9.12. The Morgan fingerprint density at radius 1 is 1.23 bits per heavy atom. The number of rotatable bonds is 4. The van der Waals surface area contributed by atoms with Gasteiger partial charge in [0.25, 0.3) is 5.91 Å². The predicted octanol–water partition coefficient (Wildman–Crippen LogP) is 4.02. The van der Waals surface area contributed by atoms with Gasteiger partial charge in [-0.05, 0) is 64.4 Å². The van der Waals surface area contributed by atoms with Crippen LogP contribution in [-0.2, 0) is 0 Å². The maximum atomic E-state index is 12.6. The Bertz CT molecular complexity index is 799. The summed E-state index contributed by atoms with van der Waals surface area (Å²) in [4.78, 5) is 21.7. The van der Waals surface area contributed by atoms with E-state index in [2.05, 4.69) is 15.3 Å². The van der Waals surface area contributed by atoms with Crippen LogP contribution in [-0.4, -0.2) is 32.6 Å². The van der Waals surface area contributed by atoms with Gasteiger partial charge in [-0.15, -0.1) is 11.3 Å². The first kappa shape index (κ1) is 17.9. The number of thiazole rings is 1. The predicted molar refractivity (Wildman–Crippen MR) is 104 cm³/mol. The highest BCUT2D eigenvalue weighted by Crippen LogP contribution is 2.39. The van der Waals surface area contributed by atoms with E-state index in [0.29, 0.717) is 17.4 Å². The minimum Gasteiger partial charge on any atom is -0.390 e. The highest BCUT2D eigenvalue weighted by Gasteiger charge is 2.32. The lowest BCUT2D eigenvalue weighted by Crippen LogP contribution is -2.41. The zero-order valence-corrected chi connectivity index (χ0v) is 16.3. The first-order chi connectivity index (χ1) is 12.4. The van der Waals surface area contributed by atoms with E-state index in [0.717, 1.165) is 36.0 Å². The van der Waals surface area contributed by atoms with E-state index in [1.54, 1.807) is 17.5 Å². The highest BCUT2D eigenvalue weighted by atomic mass is 32.1. The van der Waals surface area contributed by atoms with E-state index in [-0.39, 0.29) is 11.9 Å². The monoisotopic (exact) mass is 373 g/mol. The molecule has 0 aliphatic heterocycles. The summed E-state index contributed by atoms with van der Waals surface area (Å²) in [6.45, 7) is 3.76. The molecule has 2 aromatic heterocycles. The standard InChI is InChI=1S/C20H27N3O2S/c1-20(2,25)14-6-8-15(9-7-14)22-18(24)13-10-16-17(21-11-13)23-19(26-16)12-4-3-5-12/h10-12,14-15,25H,3-9H2,1-2H3,(H,22,24)/t14-,15-. The number of nitrogens with zero attached hydrogens (tertiary/aromatic N) is 2. The fourth-order valence-electron chi connectivity index (χ4n) is 4.00. The van der Waals surface area contributed by atoms with Crippen LogP contribution in [0.2, 0.25) is 0 Å². The number of amides is 1. The summed E-state index contributed by atoms with van der Waals surface area (Å²) >= 11 is 1.68. The molecule has 0 radical (unpaired) electrons. The van der Waals surface area contributed by atoms with Gasteiger partial charge in [0.1, 0.15) is 0 Å². The van der Waals surface area contributed by atoms with Crippen molar-refractivity contribution in [3.63, 3.8) is 0 Å². The molecule has 5 nitrogen and oxygen atoms in total. The van der Waals surface area contributed by atoms with Gasteiger partial charge in [-0.25, -0.2) is 9.97 Å². The molecule has 140 valence electrons. The highest BCUT2D eigenvalue weighted by molar-refractivity contribution is 7.18. The third kappa shape index (κ3) is 3.62. The number of hydrogen-bond donors (Lipinski definition) is 2. The number of aliphatic hydroxyl groups is 1. The van der Waals surface area contributed by atoms with Gasteiger partial charge in [-0.1, -0.05) is 6.42 Å². The van der Waals surface area contributed by atoms with Gasteiger partial charge in [0.05, 0.1) is 20.9 Å². The summed E-state index contributed by atoms with van der Waals surface area (Å²) in [6, 6.07) is 2.11. The van der Waals surface area contributed by atoms with Gasteiger partial charge in [-0.3, -0.25) is 4.79 Å². The Balaban J connectivity index is 1.40. The maximum Gasteiger partial charge on any atom is 0.253 e. The Morgan fingerprint density at radius 3 is 2.58 bits per heavy atom. The zero-order valence-electron chi connectivity index (χ0n) is 15.5. The molecule has 4 rings (SSSR count). The van der Waals surface area contributed by atoms with Crippen LogP contribution in [0.1, 0.15) is 80.1 Å². The SMILES string of the molecule is CC(C)(O)[C@H]1CC[C@H](NC(=O)c2cnc3nc(C4CCC4)sc3c2)CC1. The molecule has 0 bridgehead atoms. The Kier molecular flexibility index (Phi) is 4.73. The first-order valence-corrected chi connectivity index (χ1v) is 10.5. The summed E-state index contributed by atoms with van der Waals surface area (Å²) < 4.78 is 1.00. The van der Waals surface area contributed by atoms with Crippen molar-refractivity contribution in [1.82, 2.24) is 15.3 Å². The number of carbonyl (C=O) groups excluding carboxylic acids is 1. The van der Waals surface area contributed by atoms with E-state index in [4.69, 9.17) is 0 Å². The average Bonchev–Trinajstić information content (AvgIpc) is 2.95. The van der Waals surface area contributed by atoms with Gasteiger partial charge in [0.2, 0.25) is 0 Å². The maximum absolute atomic E-state index is 12.6. The lowest BCUT2D eigenvalue weighted by molar-refractivity contribution is -0.00257. The summed E-state index contributed by atoms with van der Waals surface area (Å²) in [5, 5.41) is 14.5. The molecule has 0 atom stereocenters. The van der Waals surface area contributed by atoms with E-state index in [1.807, 2.05) is 19.9 Å². The number of nitrogens with one attached hydrogen (secondary N) is 1. The van der Waals surface area contributed by atoms with Gasteiger partial charge in [0, 0.05) is 18.2 Å². The van der Waals surface area contributed by atoms with Crippen LogP contribution < -0.4 is 5.32 Å². The normalized spacial score (nSPS) is 24.4. The first-order valence-electron chi connectivity index (χ1n) is 9.70. The summed E-state index contributed by atoms with van der Waals surface area (Å²) in [5.41, 5.74) is 0.749. The number of fused-ring (bicyclic) bond motifs is 1. The van der Waals surface area contributed by atoms with Crippen molar-refractivity contribution in [2.45, 2.75) is 76.4 Å². The van der Waals surface area contributed by atoms with Crippen LogP contribution in [0.4, 0.5) is 0 Å². The lowest BCUT2D eigenvalue weighted by atomic mass is 9.77. The van der Waals surface area contributed by atoms with Crippen LogP contribution in [0, 0.1) is 5.92 Å². The molecule has 0 spiro atoms. The lowest BCUT2D eigenvalue weighted by Gasteiger charge is -2.36. The Morgan fingerprint density at radius 2 is 1.96 bits per heavy atom. The molecule has 26 heavy (non-hydrogen) atoms. The van der Waals surface area contributed by atoms with Crippen LogP contribution in [0.25, 0.3) is 10.3 Å². The van der Waals surface area contributed by atoms with Crippen molar-refractivity contribution in [3.05, 3.63) is 22.8 Å². The van der Waals surface area contributed by atoms with Crippen LogP contribution in [0.5, 0.6) is 0 Å². The molecule has 2 aromatic rings. The molecule has 2 aliphatic rings. The average molecular weight is 374 g/mol. The number of aromatic nitrogens is 2. The molecule has 2 N–H and O–H groups in total. The molecule has 2 aliphatic carbocycles. The van der Waals surface area contributed by atoms with Crippen molar-refractivity contribution in [2.75, 3.05) is 0 Å². The van der Waals surface area contributed by atoms with Crippen molar-refractivity contribution in [2.24, 2.45) is 5.92 Å². The summed E-state index contributed by atoms with van der Waals surface area (Å²) in [7, 11) is 0. The van der Waals surface area contributed by atoms with E-state index in [1.165, 1.54) is 24.3 Å². The van der Waals surface area contributed by atoms with E-state index in [9.17, 15) is 9.90 Å². The zero-order chi connectivity index (χ0) is 18.3. The molecule has 0 unspecified atom stereocenters. The van der Waals surface area contributed by atoms with Crippen molar-refractivity contribution in [3.8, 4) is 0 Å². The van der Waals surface area contributed by atoms with Gasteiger partial charge in [-0.2, -0.15) is 0 Å². The molecule has 6 heteroatoms. The van der Waals surface area contributed by atoms with Crippen LogP contribution in [0.15, 0.2) is 12.3 Å². The second-order valence-corrected chi connectivity index (χ2v) is 9.46. The smallest absolute Gasteiger partial charge is 0.253 e. The number of carbonyl (C=O) groups is 1. The second kappa shape index (κ2) is 6.89. The molecule has 2 saturated carbocycles. The number of pyridine rings is 1. The topological polar surface area (TPSA) is 75.1 Å². The Hall–Kier alpha value is -1.53. The Labute approximate surface area is 158 Å². The molecule has 2 heterocycles.